The molecule has 0 aliphatic carbocycles. The Kier molecular flexibility index (Phi) is 4.22. The van der Waals surface area contributed by atoms with Gasteiger partial charge in [-0.25, -0.2) is 4.79 Å². The van der Waals surface area contributed by atoms with E-state index in [0.29, 0.717) is 5.56 Å². The fourth-order valence-electron chi connectivity index (χ4n) is 2.37. The van der Waals surface area contributed by atoms with Crippen LogP contribution in [0.3, 0.4) is 0 Å². The van der Waals surface area contributed by atoms with E-state index in [1.807, 2.05) is 54.6 Å². The van der Waals surface area contributed by atoms with Crippen LogP contribution in [0.1, 0.15) is 21.5 Å². The molecule has 0 saturated carbocycles. The monoisotopic (exact) mass is 298 g/mol. The lowest BCUT2D eigenvalue weighted by molar-refractivity contribution is 0.0696. The number of hydrogen-bond acceptors (Lipinski definition) is 1. The summed E-state index contributed by atoms with van der Waals surface area (Å²) in [6.07, 6.45) is 0. The highest BCUT2D eigenvalue weighted by atomic mass is 16.4. The Labute approximate surface area is 135 Å². The minimum Gasteiger partial charge on any atom is -0.478 e. The second kappa shape index (κ2) is 6.64. The normalized spacial score (nSPS) is 9.74. The Morgan fingerprint density at radius 2 is 1.26 bits per heavy atom. The van der Waals surface area contributed by atoms with Gasteiger partial charge in [-0.3, -0.25) is 0 Å². The third-order valence-electron chi connectivity index (χ3n) is 3.50. The van der Waals surface area contributed by atoms with Gasteiger partial charge in [-0.05, 0) is 29.3 Å². The van der Waals surface area contributed by atoms with Gasteiger partial charge in [-0.1, -0.05) is 72.5 Å². The molecule has 0 spiro atoms. The van der Waals surface area contributed by atoms with Crippen molar-refractivity contribution >= 4 is 5.97 Å². The van der Waals surface area contributed by atoms with Gasteiger partial charge in [0.05, 0.1) is 5.56 Å². The molecule has 0 saturated heterocycles. The molecular weight excluding hydrogens is 284 g/mol. The first-order valence-corrected chi connectivity index (χ1v) is 7.24. The van der Waals surface area contributed by atoms with Crippen LogP contribution in [0.15, 0.2) is 78.9 Å². The highest BCUT2D eigenvalue weighted by molar-refractivity contribution is 5.90. The third-order valence-corrected chi connectivity index (χ3v) is 3.50. The maximum Gasteiger partial charge on any atom is 0.336 e. The molecule has 2 nitrogen and oxygen atoms in total. The molecule has 0 amide bonds. The van der Waals surface area contributed by atoms with Crippen LogP contribution in [-0.2, 0) is 0 Å². The fourth-order valence-corrected chi connectivity index (χ4v) is 2.37. The van der Waals surface area contributed by atoms with E-state index in [9.17, 15) is 9.90 Å². The van der Waals surface area contributed by atoms with Crippen LogP contribution in [0.4, 0.5) is 0 Å². The highest BCUT2D eigenvalue weighted by Gasteiger charge is 2.07. The van der Waals surface area contributed by atoms with Crippen molar-refractivity contribution in [1.82, 2.24) is 0 Å². The summed E-state index contributed by atoms with van der Waals surface area (Å²) in [4.78, 5) is 11.3. The Morgan fingerprint density at radius 1 is 0.696 bits per heavy atom. The molecule has 3 rings (SSSR count). The largest absolute Gasteiger partial charge is 0.478 e. The molecule has 2 heteroatoms. The molecular formula is C21H14O2. The van der Waals surface area contributed by atoms with Gasteiger partial charge in [0, 0.05) is 11.1 Å². The molecule has 0 heterocycles. The molecule has 0 fully saturated rings. The lowest BCUT2D eigenvalue weighted by Crippen LogP contribution is -1.99. The number of benzene rings is 3. The standard InChI is InChI=1S/C21H14O2/c22-21(23)20-13-7-5-11-18(20)15-14-17-10-4-6-12-19(17)16-8-2-1-3-9-16/h1-13H,(H,22,23). The van der Waals surface area contributed by atoms with Gasteiger partial charge in [0.2, 0.25) is 0 Å². The zero-order valence-corrected chi connectivity index (χ0v) is 12.4. The van der Waals surface area contributed by atoms with E-state index in [1.54, 1.807) is 24.3 Å². The summed E-state index contributed by atoms with van der Waals surface area (Å²) in [6, 6.07) is 24.7. The van der Waals surface area contributed by atoms with E-state index >= 15 is 0 Å². The van der Waals surface area contributed by atoms with Crippen molar-refractivity contribution in [3.05, 3.63) is 95.6 Å². The summed E-state index contributed by atoms with van der Waals surface area (Å²) in [7, 11) is 0. The van der Waals surface area contributed by atoms with Gasteiger partial charge in [0.1, 0.15) is 0 Å². The average Bonchev–Trinajstić information content (AvgIpc) is 2.61. The van der Waals surface area contributed by atoms with E-state index in [-0.39, 0.29) is 5.56 Å². The van der Waals surface area contributed by atoms with Gasteiger partial charge < -0.3 is 5.11 Å². The topological polar surface area (TPSA) is 37.3 Å². The Bertz CT molecular complexity index is 900. The molecule has 0 bridgehead atoms. The smallest absolute Gasteiger partial charge is 0.336 e. The Morgan fingerprint density at radius 3 is 2.00 bits per heavy atom. The van der Waals surface area contributed by atoms with Crippen molar-refractivity contribution in [3.63, 3.8) is 0 Å². The van der Waals surface area contributed by atoms with Crippen LogP contribution < -0.4 is 0 Å². The molecule has 0 aromatic heterocycles. The SMILES string of the molecule is O=C(O)c1ccccc1C#Cc1ccccc1-c1ccccc1. The zero-order valence-electron chi connectivity index (χ0n) is 12.4. The maximum absolute atomic E-state index is 11.3. The summed E-state index contributed by atoms with van der Waals surface area (Å²) >= 11 is 0. The van der Waals surface area contributed by atoms with Gasteiger partial charge in [0.15, 0.2) is 0 Å². The van der Waals surface area contributed by atoms with E-state index in [0.717, 1.165) is 16.7 Å². The van der Waals surface area contributed by atoms with Crippen molar-refractivity contribution < 1.29 is 9.90 Å². The van der Waals surface area contributed by atoms with Crippen LogP contribution in [0.5, 0.6) is 0 Å². The van der Waals surface area contributed by atoms with Crippen molar-refractivity contribution in [2.24, 2.45) is 0 Å². The summed E-state index contributed by atoms with van der Waals surface area (Å²) in [5.74, 6) is 5.13. The molecule has 0 aliphatic rings. The third kappa shape index (κ3) is 3.30. The van der Waals surface area contributed by atoms with Crippen LogP contribution in [0.2, 0.25) is 0 Å². The first-order valence-electron chi connectivity index (χ1n) is 7.24. The molecule has 0 aliphatic heterocycles. The van der Waals surface area contributed by atoms with Crippen molar-refractivity contribution in [2.45, 2.75) is 0 Å². The fraction of sp³-hybridized carbons (Fsp3) is 0. The first kappa shape index (κ1) is 14.6. The number of carboxylic acids is 1. The van der Waals surface area contributed by atoms with Gasteiger partial charge >= 0.3 is 5.97 Å². The van der Waals surface area contributed by atoms with Crippen LogP contribution in [0, 0.1) is 11.8 Å². The number of rotatable bonds is 2. The van der Waals surface area contributed by atoms with Crippen molar-refractivity contribution in [1.29, 1.82) is 0 Å². The minimum absolute atomic E-state index is 0.220. The Hall–Kier alpha value is -3.31. The molecule has 0 atom stereocenters. The lowest BCUT2D eigenvalue weighted by Gasteiger charge is -2.04. The van der Waals surface area contributed by atoms with E-state index in [4.69, 9.17) is 0 Å². The molecule has 0 unspecified atom stereocenters. The number of carboxylic acid groups (broad SMARTS) is 1. The lowest BCUT2D eigenvalue weighted by atomic mass is 9.99. The van der Waals surface area contributed by atoms with Gasteiger partial charge in [-0.15, -0.1) is 0 Å². The summed E-state index contributed by atoms with van der Waals surface area (Å²) in [6.45, 7) is 0. The van der Waals surface area contributed by atoms with Crippen LogP contribution in [-0.4, -0.2) is 11.1 Å². The van der Waals surface area contributed by atoms with E-state index in [1.165, 1.54) is 0 Å². The number of carbonyl (C=O) groups is 1. The first-order chi connectivity index (χ1) is 11.3. The van der Waals surface area contributed by atoms with Crippen molar-refractivity contribution in [3.8, 4) is 23.0 Å². The second-order valence-corrected chi connectivity index (χ2v) is 5.01. The molecule has 23 heavy (non-hydrogen) atoms. The summed E-state index contributed by atoms with van der Waals surface area (Å²) in [5.41, 5.74) is 3.73. The zero-order chi connectivity index (χ0) is 16.1. The van der Waals surface area contributed by atoms with Crippen LogP contribution in [0.25, 0.3) is 11.1 Å². The maximum atomic E-state index is 11.3. The highest BCUT2D eigenvalue weighted by Crippen LogP contribution is 2.22. The quantitative estimate of drug-likeness (QED) is 0.710. The number of hydrogen-bond donors (Lipinski definition) is 1. The second-order valence-electron chi connectivity index (χ2n) is 5.01. The number of aromatic carboxylic acids is 1. The van der Waals surface area contributed by atoms with Gasteiger partial charge in [-0.2, -0.15) is 0 Å². The molecule has 110 valence electrons. The average molecular weight is 298 g/mol. The Balaban J connectivity index is 2.05. The summed E-state index contributed by atoms with van der Waals surface area (Å²) < 4.78 is 0. The predicted molar refractivity (Wildman–Crippen MR) is 91.3 cm³/mol. The van der Waals surface area contributed by atoms with Crippen LogP contribution >= 0.6 is 0 Å². The molecule has 1 N–H and O–H groups in total. The molecule has 0 radical (unpaired) electrons. The molecule has 3 aromatic rings. The molecule has 3 aromatic carbocycles. The van der Waals surface area contributed by atoms with E-state index < -0.39 is 5.97 Å². The predicted octanol–water partition coefficient (Wildman–Crippen LogP) is 4.45. The minimum atomic E-state index is -0.966. The van der Waals surface area contributed by atoms with Gasteiger partial charge in [0.25, 0.3) is 0 Å². The van der Waals surface area contributed by atoms with Crippen molar-refractivity contribution in [2.75, 3.05) is 0 Å². The van der Waals surface area contributed by atoms with E-state index in [2.05, 4.69) is 11.8 Å². The summed E-state index contributed by atoms with van der Waals surface area (Å²) in [5, 5.41) is 9.23.